The second-order valence-electron chi connectivity index (χ2n) is 11.5. The lowest BCUT2D eigenvalue weighted by Crippen LogP contribution is -2.45. The number of aromatic nitrogens is 5. The third-order valence-electron chi connectivity index (χ3n) is 8.93. The highest BCUT2D eigenvalue weighted by Gasteiger charge is 2.39. The second-order valence-corrected chi connectivity index (χ2v) is 11.5. The molecule has 2 N–H and O–H groups in total. The maximum Gasteiger partial charge on any atom is 0.284 e. The minimum Gasteiger partial charge on any atom is -0.374 e. The Kier molecular flexibility index (Phi) is 6.88. The molecule has 3 aromatic heterocycles. The lowest BCUT2D eigenvalue weighted by atomic mass is 9.85. The molecule has 2 bridgehead atoms. The number of amides is 1. The summed E-state index contributed by atoms with van der Waals surface area (Å²) in [5.41, 5.74) is 0.235. The van der Waals surface area contributed by atoms with Crippen molar-refractivity contribution in [2.75, 3.05) is 56.1 Å². The van der Waals surface area contributed by atoms with Crippen molar-refractivity contribution >= 4 is 23.1 Å². The first-order valence-electron chi connectivity index (χ1n) is 14.4. The molecule has 40 heavy (non-hydrogen) atoms. The van der Waals surface area contributed by atoms with Crippen molar-refractivity contribution in [3.63, 3.8) is 0 Å². The van der Waals surface area contributed by atoms with Gasteiger partial charge in [-0.3, -0.25) is 9.48 Å². The maximum atomic E-state index is 14.0. The van der Waals surface area contributed by atoms with E-state index in [-0.39, 0.29) is 29.4 Å². The van der Waals surface area contributed by atoms with Gasteiger partial charge in [0.05, 0.1) is 36.7 Å². The Morgan fingerprint density at radius 2 is 2.00 bits per heavy atom. The summed E-state index contributed by atoms with van der Waals surface area (Å²) in [6.45, 7) is 6.76. The zero-order chi connectivity index (χ0) is 27.2. The summed E-state index contributed by atoms with van der Waals surface area (Å²) < 4.78 is 36.8. The number of fused-ring (bicyclic) bond motifs is 3. The molecule has 13 heteroatoms. The minimum atomic E-state index is -2.80. The molecule has 6 heterocycles. The van der Waals surface area contributed by atoms with Crippen LogP contribution in [0.25, 0.3) is 5.65 Å². The van der Waals surface area contributed by atoms with Crippen LogP contribution < -0.4 is 15.5 Å². The van der Waals surface area contributed by atoms with Gasteiger partial charge in [0.25, 0.3) is 12.3 Å². The summed E-state index contributed by atoms with van der Waals surface area (Å²) in [5, 5.41) is 14.6. The third-order valence-corrected chi connectivity index (χ3v) is 8.93. The molecule has 0 radical (unpaired) electrons. The van der Waals surface area contributed by atoms with E-state index < -0.39 is 18.0 Å². The van der Waals surface area contributed by atoms with Gasteiger partial charge in [-0.1, -0.05) is 0 Å². The number of alkyl halides is 2. The van der Waals surface area contributed by atoms with Gasteiger partial charge in [0.15, 0.2) is 11.3 Å². The largest absolute Gasteiger partial charge is 0.374 e. The van der Waals surface area contributed by atoms with E-state index in [0.717, 1.165) is 77.2 Å². The molecular weight excluding hydrogens is 520 g/mol. The van der Waals surface area contributed by atoms with Crippen molar-refractivity contribution in [3.05, 3.63) is 35.9 Å². The van der Waals surface area contributed by atoms with Crippen molar-refractivity contribution in [3.8, 4) is 0 Å². The van der Waals surface area contributed by atoms with E-state index >= 15 is 0 Å². The molecule has 4 fully saturated rings. The van der Waals surface area contributed by atoms with Crippen LogP contribution in [0.5, 0.6) is 0 Å². The lowest BCUT2D eigenvalue weighted by molar-refractivity contribution is 0.0988. The molecule has 2 atom stereocenters. The van der Waals surface area contributed by atoms with Crippen LogP contribution in [0.1, 0.15) is 60.6 Å². The molecule has 0 spiro atoms. The monoisotopic (exact) mass is 555 g/mol. The summed E-state index contributed by atoms with van der Waals surface area (Å²) >= 11 is 0. The van der Waals surface area contributed by atoms with Gasteiger partial charge in [0.1, 0.15) is 11.4 Å². The molecule has 1 amide bonds. The highest BCUT2D eigenvalue weighted by atomic mass is 19.3. The Hall–Kier alpha value is -3.16. The van der Waals surface area contributed by atoms with Crippen LogP contribution in [0.15, 0.2) is 24.7 Å². The predicted octanol–water partition coefficient (Wildman–Crippen LogP) is 2.73. The number of rotatable bonds is 7. The summed E-state index contributed by atoms with van der Waals surface area (Å²) in [6, 6.07) is 2.19. The number of ether oxygens (including phenoxy) is 1. The van der Waals surface area contributed by atoms with E-state index in [1.807, 2.05) is 6.07 Å². The zero-order valence-corrected chi connectivity index (χ0v) is 22.4. The van der Waals surface area contributed by atoms with Gasteiger partial charge >= 0.3 is 0 Å². The summed E-state index contributed by atoms with van der Waals surface area (Å²) in [6.07, 6.45) is 6.99. The molecule has 0 aromatic carbocycles. The smallest absolute Gasteiger partial charge is 0.284 e. The second kappa shape index (κ2) is 10.7. The molecule has 3 aliphatic heterocycles. The summed E-state index contributed by atoms with van der Waals surface area (Å²) in [7, 11) is 0. The van der Waals surface area contributed by atoms with E-state index in [9.17, 15) is 13.6 Å². The highest BCUT2D eigenvalue weighted by Crippen LogP contribution is 2.36. The van der Waals surface area contributed by atoms with Crippen molar-refractivity contribution < 1.29 is 18.3 Å². The Balaban J connectivity index is 1.05. The van der Waals surface area contributed by atoms with Gasteiger partial charge in [-0.25, -0.2) is 18.3 Å². The Bertz CT molecular complexity index is 1360. The van der Waals surface area contributed by atoms with Gasteiger partial charge in [-0.15, -0.1) is 0 Å². The number of carbonyl (C=O) groups excluding carboxylic acids is 1. The fraction of sp³-hybridized carbons (Fsp3) is 0.630. The minimum absolute atomic E-state index is 0.0347. The van der Waals surface area contributed by atoms with Crippen LogP contribution in [0.4, 0.5) is 20.3 Å². The van der Waals surface area contributed by atoms with Crippen molar-refractivity contribution in [1.29, 1.82) is 0 Å². The molecule has 7 rings (SSSR count). The molecule has 11 nitrogen and oxygen atoms in total. The molecule has 0 unspecified atom stereocenters. The zero-order valence-electron chi connectivity index (χ0n) is 22.4. The summed E-state index contributed by atoms with van der Waals surface area (Å²) in [5.74, 6) is 0.841. The Morgan fingerprint density at radius 1 is 1.18 bits per heavy atom. The molecule has 214 valence electrons. The predicted molar refractivity (Wildman–Crippen MR) is 144 cm³/mol. The SMILES string of the molecule is O=C(Nc1cn([C@H]2CC[C@H](CN3CCNCC3)CC2)nc1C(F)F)c1cnn2ccc(N3C[C@H]4C[C@@H]3CO4)nc12. The molecular formula is C27H35F2N9O2. The number of morpholine rings is 1. The fourth-order valence-electron chi connectivity index (χ4n) is 6.75. The van der Waals surface area contributed by atoms with Crippen molar-refractivity contribution in [2.24, 2.45) is 5.92 Å². The van der Waals surface area contributed by atoms with Gasteiger partial charge < -0.3 is 25.2 Å². The quantitative estimate of drug-likeness (QED) is 0.459. The molecule has 4 aliphatic rings. The number of piperazine rings is 1. The lowest BCUT2D eigenvalue weighted by Gasteiger charge is -2.34. The van der Waals surface area contributed by atoms with E-state index in [0.29, 0.717) is 18.2 Å². The molecule has 1 aliphatic carbocycles. The number of halogens is 2. The van der Waals surface area contributed by atoms with Crippen LogP contribution in [-0.4, -0.2) is 93.2 Å². The van der Waals surface area contributed by atoms with Crippen molar-refractivity contribution in [1.82, 2.24) is 34.6 Å². The van der Waals surface area contributed by atoms with Crippen LogP contribution in [-0.2, 0) is 4.74 Å². The van der Waals surface area contributed by atoms with E-state index in [1.54, 1.807) is 17.1 Å². The molecule has 1 saturated carbocycles. The van der Waals surface area contributed by atoms with E-state index in [1.165, 1.54) is 10.7 Å². The number of hydrogen-bond donors (Lipinski definition) is 2. The van der Waals surface area contributed by atoms with Gasteiger partial charge in [0.2, 0.25) is 0 Å². The average molecular weight is 556 g/mol. The average Bonchev–Trinajstić information content (AvgIpc) is 3.77. The fourth-order valence-corrected chi connectivity index (χ4v) is 6.75. The third kappa shape index (κ3) is 4.94. The van der Waals surface area contributed by atoms with E-state index in [2.05, 4.69) is 30.6 Å². The first-order valence-corrected chi connectivity index (χ1v) is 14.4. The standard InChI is InChI=1S/C27H35F2N9O2/c28-25(29)24-22(15-38(34-24)18-3-1-17(2-4-18)13-35-9-6-30-7-10-35)32-27(39)21-12-31-37-8-5-23(33-26(21)37)36-14-20-11-19(36)16-40-20/h5,8,12,15,17-20,25,30H,1-4,6-7,9-11,13-14,16H2,(H,32,39)/t17-,18-,19-,20-/m1/s1. The number of nitrogens with zero attached hydrogens (tertiary/aromatic N) is 7. The molecule has 3 aromatic rings. The normalized spacial score (nSPS) is 27.2. The first-order chi connectivity index (χ1) is 19.5. The van der Waals surface area contributed by atoms with Crippen LogP contribution >= 0.6 is 0 Å². The van der Waals surface area contributed by atoms with E-state index in [4.69, 9.17) is 9.72 Å². The number of carbonyl (C=O) groups is 1. The Labute approximate surface area is 230 Å². The van der Waals surface area contributed by atoms with Crippen LogP contribution in [0, 0.1) is 5.92 Å². The summed E-state index contributed by atoms with van der Waals surface area (Å²) in [4.78, 5) is 22.7. The first kappa shape index (κ1) is 25.8. The van der Waals surface area contributed by atoms with Gasteiger partial charge in [-0.05, 0) is 44.1 Å². The van der Waals surface area contributed by atoms with Crippen LogP contribution in [0.3, 0.4) is 0 Å². The van der Waals surface area contributed by atoms with Gasteiger partial charge in [-0.2, -0.15) is 10.2 Å². The topological polar surface area (TPSA) is 105 Å². The number of anilines is 2. The van der Waals surface area contributed by atoms with Crippen LogP contribution in [0.2, 0.25) is 0 Å². The molecule has 3 saturated heterocycles. The number of hydrogen-bond acceptors (Lipinski definition) is 8. The Morgan fingerprint density at radius 3 is 2.73 bits per heavy atom. The van der Waals surface area contributed by atoms with Gasteiger partial charge in [0, 0.05) is 51.7 Å². The number of nitrogens with one attached hydrogen (secondary N) is 2. The maximum absolute atomic E-state index is 14.0. The highest BCUT2D eigenvalue weighted by molar-refractivity contribution is 6.08. The van der Waals surface area contributed by atoms with Crippen molar-refractivity contribution in [2.45, 2.75) is 56.7 Å².